The molecule has 1 aliphatic heterocycles. The van der Waals surface area contributed by atoms with Crippen LogP contribution in [-0.2, 0) is 17.6 Å². The number of hydrogen-bond acceptors (Lipinski definition) is 3. The summed E-state index contributed by atoms with van der Waals surface area (Å²) < 4.78 is 0. The molecule has 0 saturated carbocycles. The first-order valence-corrected chi connectivity index (χ1v) is 9.77. The normalized spacial score (nSPS) is 22.3. The van der Waals surface area contributed by atoms with Crippen LogP contribution in [0.15, 0.2) is 6.07 Å². The summed E-state index contributed by atoms with van der Waals surface area (Å²) in [5.41, 5.74) is 7.07. The van der Waals surface area contributed by atoms with Crippen molar-refractivity contribution in [3.63, 3.8) is 0 Å². The van der Waals surface area contributed by atoms with Crippen molar-refractivity contribution in [1.29, 1.82) is 0 Å². The van der Waals surface area contributed by atoms with Gasteiger partial charge in [-0.1, -0.05) is 20.8 Å². The monoisotopic (exact) mass is 348 g/mol. The van der Waals surface area contributed by atoms with Crippen molar-refractivity contribution in [2.75, 3.05) is 13.1 Å². The van der Waals surface area contributed by atoms with E-state index in [-0.39, 0.29) is 17.7 Å². The predicted octanol–water partition coefficient (Wildman–Crippen LogP) is 3.24. The second kappa shape index (κ2) is 6.51. The third-order valence-electron chi connectivity index (χ3n) is 5.70. The van der Waals surface area contributed by atoms with Crippen molar-refractivity contribution >= 4 is 23.2 Å². The molecule has 5 heteroatoms. The fourth-order valence-electron chi connectivity index (χ4n) is 3.89. The maximum atomic E-state index is 12.8. The van der Waals surface area contributed by atoms with Gasteiger partial charge in [0, 0.05) is 23.9 Å². The topological polar surface area (TPSA) is 63.4 Å². The summed E-state index contributed by atoms with van der Waals surface area (Å²) in [6.45, 7) is 8.21. The van der Waals surface area contributed by atoms with Crippen molar-refractivity contribution in [3.8, 4) is 0 Å². The number of carbonyl (C=O) groups excluding carboxylic acids is 2. The molecule has 1 saturated heterocycles. The first-order chi connectivity index (χ1) is 11.3. The van der Waals surface area contributed by atoms with Crippen molar-refractivity contribution in [2.24, 2.45) is 23.0 Å². The van der Waals surface area contributed by atoms with Gasteiger partial charge in [-0.15, -0.1) is 11.3 Å². The molecule has 3 rings (SSSR count). The van der Waals surface area contributed by atoms with E-state index < -0.39 is 0 Å². The molecule has 0 radical (unpaired) electrons. The molecule has 2 aliphatic rings. The van der Waals surface area contributed by atoms with E-state index in [1.165, 1.54) is 16.9 Å². The molecule has 2 amide bonds. The number of primary amides is 1. The molecule has 1 aromatic heterocycles. The van der Waals surface area contributed by atoms with E-state index in [9.17, 15) is 9.59 Å². The van der Waals surface area contributed by atoms with Gasteiger partial charge < -0.3 is 10.6 Å². The van der Waals surface area contributed by atoms with E-state index in [0.29, 0.717) is 37.3 Å². The zero-order chi connectivity index (χ0) is 17.5. The molecule has 2 N–H and O–H groups in total. The maximum Gasteiger partial charge on any atom is 0.263 e. The number of fused-ring (bicyclic) bond motifs is 1. The van der Waals surface area contributed by atoms with Gasteiger partial charge in [-0.2, -0.15) is 0 Å². The van der Waals surface area contributed by atoms with Crippen LogP contribution in [0.5, 0.6) is 0 Å². The molecule has 1 atom stereocenters. The first kappa shape index (κ1) is 17.5. The summed E-state index contributed by atoms with van der Waals surface area (Å²) in [6, 6.07) is 2.13. The third kappa shape index (κ3) is 3.51. The van der Waals surface area contributed by atoms with Gasteiger partial charge in [-0.05, 0) is 55.1 Å². The van der Waals surface area contributed by atoms with Crippen LogP contribution in [0.2, 0.25) is 0 Å². The number of nitrogens with zero attached hydrogens (tertiary/aromatic N) is 1. The fourth-order valence-corrected chi connectivity index (χ4v) is 5.07. The summed E-state index contributed by atoms with van der Waals surface area (Å²) in [4.78, 5) is 28.2. The minimum absolute atomic E-state index is 0.0712. The zero-order valence-electron chi connectivity index (χ0n) is 14.9. The number of piperidine rings is 1. The fraction of sp³-hybridized carbons (Fsp3) is 0.684. The molecule has 1 aromatic rings. The largest absolute Gasteiger partial charge is 0.369 e. The molecule has 1 aliphatic carbocycles. The van der Waals surface area contributed by atoms with Crippen molar-refractivity contribution < 1.29 is 9.59 Å². The van der Waals surface area contributed by atoms with Gasteiger partial charge in [0.25, 0.3) is 5.91 Å². The van der Waals surface area contributed by atoms with Gasteiger partial charge in [0.1, 0.15) is 0 Å². The summed E-state index contributed by atoms with van der Waals surface area (Å²) in [5.74, 6) is 0.513. The molecule has 132 valence electrons. The highest BCUT2D eigenvalue weighted by atomic mass is 32.1. The van der Waals surface area contributed by atoms with Gasteiger partial charge in [0.2, 0.25) is 5.91 Å². The Balaban J connectivity index is 1.68. The van der Waals surface area contributed by atoms with Gasteiger partial charge >= 0.3 is 0 Å². The van der Waals surface area contributed by atoms with Gasteiger partial charge in [0.15, 0.2) is 0 Å². The number of aryl methyl sites for hydroxylation is 1. The molecule has 1 fully saturated rings. The summed E-state index contributed by atoms with van der Waals surface area (Å²) in [6.07, 6.45) is 4.79. The van der Waals surface area contributed by atoms with Crippen molar-refractivity contribution in [1.82, 2.24) is 4.90 Å². The standard InChI is InChI=1S/C19H28N2O2S/c1-19(2,3)14-4-5-15-13(10-14)11-16(24-15)18(23)21-8-6-12(7-9-21)17(20)22/h11-12,14H,4-10H2,1-3H3,(H2,20,22). The van der Waals surface area contributed by atoms with Crippen LogP contribution in [-0.4, -0.2) is 29.8 Å². The van der Waals surface area contributed by atoms with Crippen molar-refractivity contribution in [2.45, 2.75) is 52.9 Å². The Morgan fingerprint density at radius 3 is 2.46 bits per heavy atom. The molecule has 24 heavy (non-hydrogen) atoms. The van der Waals surface area contributed by atoms with Gasteiger partial charge in [-0.25, -0.2) is 0 Å². The minimum atomic E-state index is -0.234. The lowest BCUT2D eigenvalue weighted by atomic mass is 9.72. The molecule has 4 nitrogen and oxygen atoms in total. The highest BCUT2D eigenvalue weighted by molar-refractivity contribution is 7.14. The Kier molecular flexibility index (Phi) is 4.73. The van der Waals surface area contributed by atoms with Crippen LogP contribution in [0.25, 0.3) is 0 Å². The molecule has 1 unspecified atom stereocenters. The Labute approximate surface area is 148 Å². The summed E-state index contributed by atoms with van der Waals surface area (Å²) in [7, 11) is 0. The van der Waals surface area contributed by atoms with E-state index in [1.807, 2.05) is 4.90 Å². The van der Waals surface area contributed by atoms with Crippen LogP contribution in [0.4, 0.5) is 0 Å². The lowest BCUT2D eigenvalue weighted by Crippen LogP contribution is -2.41. The number of likely N-dealkylation sites (tertiary alicyclic amines) is 1. The Bertz CT molecular complexity index is 636. The van der Waals surface area contributed by atoms with Gasteiger partial charge in [-0.3, -0.25) is 9.59 Å². The number of nitrogens with two attached hydrogens (primary N) is 1. The lowest BCUT2D eigenvalue weighted by molar-refractivity contribution is -0.123. The highest BCUT2D eigenvalue weighted by Gasteiger charge is 2.32. The van der Waals surface area contributed by atoms with Crippen molar-refractivity contribution in [3.05, 3.63) is 21.4 Å². The number of thiophene rings is 1. The lowest BCUT2D eigenvalue weighted by Gasteiger charge is -2.33. The van der Waals surface area contributed by atoms with Crippen LogP contribution >= 0.6 is 11.3 Å². The first-order valence-electron chi connectivity index (χ1n) is 8.96. The Morgan fingerprint density at radius 1 is 1.21 bits per heavy atom. The van der Waals surface area contributed by atoms with E-state index in [0.717, 1.165) is 17.7 Å². The van der Waals surface area contributed by atoms with Crippen LogP contribution in [0, 0.1) is 17.3 Å². The van der Waals surface area contributed by atoms with Crippen LogP contribution < -0.4 is 5.73 Å². The smallest absolute Gasteiger partial charge is 0.263 e. The summed E-state index contributed by atoms with van der Waals surface area (Å²) >= 11 is 1.67. The quantitative estimate of drug-likeness (QED) is 0.892. The average molecular weight is 349 g/mol. The average Bonchev–Trinajstić information content (AvgIpc) is 2.96. The molecule has 0 aromatic carbocycles. The predicted molar refractivity (Wildman–Crippen MR) is 97.1 cm³/mol. The second-order valence-corrected chi connectivity index (χ2v) is 9.47. The minimum Gasteiger partial charge on any atom is -0.369 e. The number of carbonyl (C=O) groups is 2. The SMILES string of the molecule is CC(C)(C)C1CCc2sc(C(=O)N3CCC(C(N)=O)CC3)cc2C1. The molecule has 0 spiro atoms. The van der Waals surface area contributed by atoms with Crippen LogP contribution in [0.3, 0.4) is 0 Å². The van der Waals surface area contributed by atoms with Crippen LogP contribution in [0.1, 0.15) is 60.1 Å². The Hall–Kier alpha value is -1.36. The molecule has 2 heterocycles. The van der Waals surface area contributed by atoms with Gasteiger partial charge in [0.05, 0.1) is 4.88 Å². The summed E-state index contributed by atoms with van der Waals surface area (Å²) in [5, 5.41) is 0. The van der Waals surface area contributed by atoms with E-state index in [2.05, 4.69) is 26.8 Å². The Morgan fingerprint density at radius 2 is 1.88 bits per heavy atom. The van der Waals surface area contributed by atoms with E-state index in [4.69, 9.17) is 5.73 Å². The van der Waals surface area contributed by atoms with E-state index in [1.54, 1.807) is 11.3 Å². The zero-order valence-corrected chi connectivity index (χ0v) is 15.7. The number of rotatable bonds is 2. The second-order valence-electron chi connectivity index (χ2n) is 8.33. The third-order valence-corrected chi connectivity index (χ3v) is 6.93. The number of hydrogen-bond donors (Lipinski definition) is 1. The molecular formula is C19H28N2O2S. The molecule has 0 bridgehead atoms. The highest BCUT2D eigenvalue weighted by Crippen LogP contribution is 2.40. The molecular weight excluding hydrogens is 320 g/mol. The number of amides is 2. The maximum absolute atomic E-state index is 12.8. The van der Waals surface area contributed by atoms with E-state index >= 15 is 0 Å².